The van der Waals surface area contributed by atoms with Crippen LogP contribution in [0.5, 0.6) is 0 Å². The predicted octanol–water partition coefficient (Wildman–Crippen LogP) is 2.02. The molecule has 2 aliphatic heterocycles. The van der Waals surface area contributed by atoms with Crippen molar-refractivity contribution in [3.05, 3.63) is 70.8 Å². The number of hydrogen-bond acceptors (Lipinski definition) is 4. The van der Waals surface area contributed by atoms with Crippen molar-refractivity contribution in [1.29, 1.82) is 0 Å². The zero-order valence-electron chi connectivity index (χ0n) is 15.6. The van der Waals surface area contributed by atoms with Crippen molar-refractivity contribution in [2.24, 2.45) is 0 Å². The van der Waals surface area contributed by atoms with Gasteiger partial charge in [0.25, 0.3) is 17.7 Å². The SMILES string of the molecule is O=C(c1ccc(F)c(F)c1)N1CCN(CCN2C(=O)c3ccccc3C2=O)CC1. The molecule has 2 aromatic rings. The van der Waals surface area contributed by atoms with Crippen molar-refractivity contribution in [3.63, 3.8) is 0 Å². The molecule has 0 bridgehead atoms. The number of carbonyl (C=O) groups excluding carboxylic acids is 3. The summed E-state index contributed by atoms with van der Waals surface area (Å²) in [6.07, 6.45) is 0. The molecule has 1 saturated heterocycles. The molecule has 0 atom stereocenters. The van der Waals surface area contributed by atoms with Crippen LogP contribution >= 0.6 is 0 Å². The molecule has 2 aliphatic rings. The summed E-state index contributed by atoms with van der Waals surface area (Å²) in [5.41, 5.74) is 0.974. The Morgan fingerprint density at radius 3 is 2.03 bits per heavy atom. The van der Waals surface area contributed by atoms with Crippen LogP contribution in [0.1, 0.15) is 31.1 Å². The number of carbonyl (C=O) groups is 3. The van der Waals surface area contributed by atoms with Crippen LogP contribution < -0.4 is 0 Å². The van der Waals surface area contributed by atoms with Gasteiger partial charge in [-0.2, -0.15) is 0 Å². The number of amides is 3. The minimum absolute atomic E-state index is 0.114. The fraction of sp³-hybridized carbons (Fsp3) is 0.286. The number of benzene rings is 2. The van der Waals surface area contributed by atoms with Gasteiger partial charge < -0.3 is 4.90 Å². The standard InChI is InChI=1S/C21H19F2N3O3/c22-17-6-5-14(13-18(17)23)19(27)25-10-7-24(8-11-25)9-12-26-20(28)15-3-1-2-4-16(15)21(26)29/h1-6,13H,7-12H2. The average Bonchev–Trinajstić information content (AvgIpc) is 2.99. The largest absolute Gasteiger partial charge is 0.336 e. The summed E-state index contributed by atoms with van der Waals surface area (Å²) in [7, 11) is 0. The molecule has 2 aromatic carbocycles. The van der Waals surface area contributed by atoms with Gasteiger partial charge in [-0.3, -0.25) is 24.2 Å². The third-order valence-corrected chi connectivity index (χ3v) is 5.34. The van der Waals surface area contributed by atoms with Gasteiger partial charge in [0, 0.05) is 44.8 Å². The van der Waals surface area contributed by atoms with E-state index in [2.05, 4.69) is 4.90 Å². The zero-order valence-corrected chi connectivity index (χ0v) is 15.6. The lowest BCUT2D eigenvalue weighted by Gasteiger charge is -2.35. The molecule has 0 saturated carbocycles. The van der Waals surface area contributed by atoms with E-state index in [-0.39, 0.29) is 29.8 Å². The highest BCUT2D eigenvalue weighted by Gasteiger charge is 2.35. The minimum atomic E-state index is -1.05. The smallest absolute Gasteiger partial charge is 0.261 e. The van der Waals surface area contributed by atoms with E-state index in [0.29, 0.717) is 43.9 Å². The van der Waals surface area contributed by atoms with Crippen molar-refractivity contribution >= 4 is 17.7 Å². The maximum Gasteiger partial charge on any atom is 0.261 e. The molecule has 2 heterocycles. The Labute approximate surface area is 166 Å². The quantitative estimate of drug-likeness (QED) is 0.738. The number of hydrogen-bond donors (Lipinski definition) is 0. The zero-order chi connectivity index (χ0) is 20.5. The molecule has 0 spiro atoms. The topological polar surface area (TPSA) is 60.9 Å². The lowest BCUT2D eigenvalue weighted by atomic mass is 10.1. The van der Waals surface area contributed by atoms with Crippen LogP contribution in [0, 0.1) is 11.6 Å². The maximum atomic E-state index is 13.4. The molecule has 4 rings (SSSR count). The Bertz CT molecular complexity index is 952. The van der Waals surface area contributed by atoms with E-state index in [1.807, 2.05) is 0 Å². The number of piperazine rings is 1. The molecule has 0 unspecified atom stereocenters. The molecule has 29 heavy (non-hydrogen) atoms. The molecule has 0 N–H and O–H groups in total. The summed E-state index contributed by atoms with van der Waals surface area (Å²) >= 11 is 0. The van der Waals surface area contributed by atoms with E-state index >= 15 is 0 Å². The first-order valence-corrected chi connectivity index (χ1v) is 9.37. The Hall–Kier alpha value is -3.13. The number of fused-ring (bicyclic) bond motifs is 1. The van der Waals surface area contributed by atoms with E-state index in [1.54, 1.807) is 29.2 Å². The van der Waals surface area contributed by atoms with Crippen LogP contribution in [0.4, 0.5) is 8.78 Å². The van der Waals surface area contributed by atoms with E-state index < -0.39 is 11.6 Å². The molecule has 0 aliphatic carbocycles. The summed E-state index contributed by atoms with van der Waals surface area (Å²) < 4.78 is 26.4. The second kappa shape index (κ2) is 7.71. The number of halogens is 2. The number of rotatable bonds is 4. The van der Waals surface area contributed by atoms with Crippen LogP contribution in [-0.4, -0.2) is 71.7 Å². The van der Waals surface area contributed by atoms with Crippen molar-refractivity contribution in [3.8, 4) is 0 Å². The van der Waals surface area contributed by atoms with Gasteiger partial charge in [-0.25, -0.2) is 8.78 Å². The lowest BCUT2D eigenvalue weighted by Crippen LogP contribution is -2.50. The third-order valence-electron chi connectivity index (χ3n) is 5.34. The van der Waals surface area contributed by atoms with Crippen LogP contribution in [0.15, 0.2) is 42.5 Å². The molecule has 8 heteroatoms. The summed E-state index contributed by atoms with van der Waals surface area (Å²) in [5, 5.41) is 0. The normalized spacial score (nSPS) is 17.0. The van der Waals surface area contributed by atoms with Gasteiger partial charge in [0.15, 0.2) is 11.6 Å². The fourth-order valence-corrected chi connectivity index (χ4v) is 3.67. The van der Waals surface area contributed by atoms with Crippen molar-refractivity contribution in [1.82, 2.24) is 14.7 Å². The van der Waals surface area contributed by atoms with E-state index in [1.165, 1.54) is 11.0 Å². The van der Waals surface area contributed by atoms with Gasteiger partial charge in [-0.1, -0.05) is 12.1 Å². The van der Waals surface area contributed by atoms with Crippen molar-refractivity contribution in [2.75, 3.05) is 39.3 Å². The van der Waals surface area contributed by atoms with E-state index in [4.69, 9.17) is 0 Å². The summed E-state index contributed by atoms with van der Waals surface area (Å²) in [6.45, 7) is 2.79. The first-order valence-electron chi connectivity index (χ1n) is 9.37. The Morgan fingerprint density at radius 1 is 0.828 bits per heavy atom. The lowest BCUT2D eigenvalue weighted by molar-refractivity contribution is 0.0578. The third kappa shape index (κ3) is 3.63. The second-order valence-electron chi connectivity index (χ2n) is 7.07. The Kier molecular flexibility index (Phi) is 5.10. The second-order valence-corrected chi connectivity index (χ2v) is 7.07. The fourth-order valence-electron chi connectivity index (χ4n) is 3.67. The molecular formula is C21H19F2N3O3. The highest BCUT2D eigenvalue weighted by molar-refractivity contribution is 6.21. The monoisotopic (exact) mass is 399 g/mol. The summed E-state index contributed by atoms with van der Waals surface area (Å²) in [5.74, 6) is -2.94. The van der Waals surface area contributed by atoms with Gasteiger partial charge in [0.2, 0.25) is 0 Å². The van der Waals surface area contributed by atoms with Crippen LogP contribution in [0.3, 0.4) is 0 Å². The molecule has 3 amide bonds. The highest BCUT2D eigenvalue weighted by atomic mass is 19.2. The minimum Gasteiger partial charge on any atom is -0.336 e. The Balaban J connectivity index is 1.31. The summed E-state index contributed by atoms with van der Waals surface area (Å²) in [6, 6.07) is 9.90. The van der Waals surface area contributed by atoms with Crippen LogP contribution in [0.25, 0.3) is 0 Å². The van der Waals surface area contributed by atoms with Crippen LogP contribution in [-0.2, 0) is 0 Å². The van der Waals surface area contributed by atoms with Crippen LogP contribution in [0.2, 0.25) is 0 Å². The predicted molar refractivity (Wildman–Crippen MR) is 101 cm³/mol. The molecule has 0 aromatic heterocycles. The first kappa shape index (κ1) is 19.2. The average molecular weight is 399 g/mol. The molecule has 1 fully saturated rings. The van der Waals surface area contributed by atoms with Gasteiger partial charge in [0.1, 0.15) is 0 Å². The van der Waals surface area contributed by atoms with Crippen molar-refractivity contribution < 1.29 is 23.2 Å². The molecule has 0 radical (unpaired) electrons. The van der Waals surface area contributed by atoms with Crippen molar-refractivity contribution in [2.45, 2.75) is 0 Å². The number of imide groups is 1. The molecule has 6 nitrogen and oxygen atoms in total. The number of nitrogens with zero attached hydrogens (tertiary/aromatic N) is 3. The first-order chi connectivity index (χ1) is 14.0. The van der Waals surface area contributed by atoms with Gasteiger partial charge in [-0.05, 0) is 30.3 Å². The van der Waals surface area contributed by atoms with Gasteiger partial charge in [0.05, 0.1) is 11.1 Å². The highest BCUT2D eigenvalue weighted by Crippen LogP contribution is 2.22. The van der Waals surface area contributed by atoms with E-state index in [0.717, 1.165) is 12.1 Å². The van der Waals surface area contributed by atoms with Gasteiger partial charge in [-0.15, -0.1) is 0 Å². The van der Waals surface area contributed by atoms with Gasteiger partial charge >= 0.3 is 0 Å². The summed E-state index contributed by atoms with van der Waals surface area (Å²) in [4.78, 5) is 42.2. The Morgan fingerprint density at radius 2 is 1.45 bits per heavy atom. The van der Waals surface area contributed by atoms with E-state index in [9.17, 15) is 23.2 Å². The maximum absolute atomic E-state index is 13.4. The molecular weight excluding hydrogens is 380 g/mol. The molecule has 150 valence electrons.